The lowest BCUT2D eigenvalue weighted by molar-refractivity contribution is 0.0648. The van der Waals surface area contributed by atoms with Gasteiger partial charge in [-0.2, -0.15) is 4.37 Å². The molecular weight excluding hydrogens is 196 g/mol. The van der Waals surface area contributed by atoms with Gasteiger partial charge in [0.1, 0.15) is 5.60 Å². The lowest BCUT2D eigenvalue weighted by atomic mass is 10.00. The van der Waals surface area contributed by atoms with Crippen LogP contribution in [0.5, 0.6) is 0 Å². The largest absolute Gasteiger partial charge is 0.382 e. The second-order valence-electron chi connectivity index (χ2n) is 3.51. The third-order valence-electron chi connectivity index (χ3n) is 2.29. The minimum atomic E-state index is -1.03. The van der Waals surface area contributed by atoms with Gasteiger partial charge in [0.25, 0.3) is 0 Å². The van der Waals surface area contributed by atoms with E-state index in [1.54, 1.807) is 6.92 Å². The number of rotatable bonds is 2. The molecule has 2 aromatic rings. The summed E-state index contributed by atoms with van der Waals surface area (Å²) in [6.07, 6.45) is 0. The number of hydrogen-bond donors (Lipinski definition) is 2. The summed E-state index contributed by atoms with van der Waals surface area (Å²) in [6.45, 7) is 1.87. The van der Waals surface area contributed by atoms with Crippen molar-refractivity contribution < 1.29 is 5.11 Å². The van der Waals surface area contributed by atoms with Crippen molar-refractivity contribution in [3.8, 4) is 0 Å². The summed E-state index contributed by atoms with van der Waals surface area (Å²) in [4.78, 5) is 0. The van der Waals surface area contributed by atoms with E-state index in [9.17, 15) is 5.11 Å². The fourth-order valence-corrected chi connectivity index (χ4v) is 2.26. The predicted molar refractivity (Wildman–Crippen MR) is 58.2 cm³/mol. The maximum absolute atomic E-state index is 10.0. The van der Waals surface area contributed by atoms with Crippen LogP contribution in [0.25, 0.3) is 10.1 Å². The first-order chi connectivity index (χ1) is 6.65. The number of nitrogens with two attached hydrogens (primary N) is 1. The molecule has 1 heterocycles. The molecule has 3 N–H and O–H groups in total. The van der Waals surface area contributed by atoms with E-state index in [4.69, 9.17) is 5.73 Å². The molecule has 0 saturated heterocycles. The van der Waals surface area contributed by atoms with Crippen LogP contribution in [0, 0.1) is 0 Å². The van der Waals surface area contributed by atoms with Crippen LogP contribution in [0.4, 0.5) is 0 Å². The first-order valence-electron chi connectivity index (χ1n) is 4.42. The highest BCUT2D eigenvalue weighted by Gasteiger charge is 2.26. The molecule has 0 fully saturated rings. The summed E-state index contributed by atoms with van der Waals surface area (Å²) in [5.74, 6) is 0. The van der Waals surface area contributed by atoms with E-state index in [1.807, 2.05) is 24.3 Å². The molecule has 3 nitrogen and oxygen atoms in total. The zero-order valence-corrected chi connectivity index (χ0v) is 8.71. The molecule has 2 rings (SSSR count). The van der Waals surface area contributed by atoms with Crippen molar-refractivity contribution >= 4 is 21.6 Å². The standard InChI is InChI=1S/C10H12N2OS/c1-10(13,6-11)9-7-4-2-3-5-8(7)14-12-9/h2-5,13H,6,11H2,1H3. The lowest BCUT2D eigenvalue weighted by Crippen LogP contribution is -2.31. The summed E-state index contributed by atoms with van der Waals surface area (Å²) < 4.78 is 5.33. The van der Waals surface area contributed by atoms with Crippen LogP contribution in [0.1, 0.15) is 12.6 Å². The Kier molecular flexibility index (Phi) is 2.26. The first kappa shape index (κ1) is 9.58. The molecular formula is C10H12N2OS. The fourth-order valence-electron chi connectivity index (χ4n) is 1.37. The van der Waals surface area contributed by atoms with Gasteiger partial charge >= 0.3 is 0 Å². The van der Waals surface area contributed by atoms with Gasteiger partial charge in [-0.15, -0.1) is 0 Å². The Morgan fingerprint density at radius 3 is 2.93 bits per heavy atom. The molecule has 0 spiro atoms. The molecule has 1 unspecified atom stereocenters. The second kappa shape index (κ2) is 3.31. The molecule has 1 atom stereocenters. The minimum Gasteiger partial charge on any atom is -0.382 e. The molecule has 0 aliphatic heterocycles. The van der Waals surface area contributed by atoms with Crippen molar-refractivity contribution in [1.29, 1.82) is 0 Å². The van der Waals surface area contributed by atoms with Gasteiger partial charge in [0.05, 0.1) is 10.4 Å². The van der Waals surface area contributed by atoms with Gasteiger partial charge in [-0.3, -0.25) is 0 Å². The number of aromatic nitrogens is 1. The molecule has 1 aromatic heterocycles. The van der Waals surface area contributed by atoms with Crippen LogP contribution in [-0.4, -0.2) is 16.0 Å². The van der Waals surface area contributed by atoms with Gasteiger partial charge in [0, 0.05) is 11.9 Å². The summed E-state index contributed by atoms with van der Waals surface area (Å²) in [5.41, 5.74) is 5.16. The monoisotopic (exact) mass is 208 g/mol. The molecule has 1 aromatic carbocycles. The Hall–Kier alpha value is -0.970. The quantitative estimate of drug-likeness (QED) is 0.785. The molecule has 74 valence electrons. The number of aliphatic hydroxyl groups is 1. The van der Waals surface area contributed by atoms with Gasteiger partial charge in [0.15, 0.2) is 0 Å². The van der Waals surface area contributed by atoms with E-state index in [-0.39, 0.29) is 6.54 Å². The maximum Gasteiger partial charge on any atom is 0.118 e. The summed E-state index contributed by atoms with van der Waals surface area (Å²) in [5, 5.41) is 11.0. The Morgan fingerprint density at radius 2 is 2.21 bits per heavy atom. The number of nitrogens with zero attached hydrogens (tertiary/aromatic N) is 1. The number of benzene rings is 1. The van der Waals surface area contributed by atoms with E-state index in [0.717, 1.165) is 10.1 Å². The van der Waals surface area contributed by atoms with E-state index in [1.165, 1.54) is 11.5 Å². The van der Waals surface area contributed by atoms with Crippen molar-refractivity contribution in [2.45, 2.75) is 12.5 Å². The fraction of sp³-hybridized carbons (Fsp3) is 0.300. The van der Waals surface area contributed by atoms with E-state index in [2.05, 4.69) is 4.37 Å². The molecule has 4 heteroatoms. The summed E-state index contributed by atoms with van der Waals surface area (Å²) in [7, 11) is 0. The SMILES string of the molecule is CC(O)(CN)c1nsc2ccccc12. The van der Waals surface area contributed by atoms with Gasteiger partial charge in [-0.1, -0.05) is 18.2 Å². The van der Waals surface area contributed by atoms with Crippen LogP contribution < -0.4 is 5.73 Å². The first-order valence-corrected chi connectivity index (χ1v) is 5.20. The van der Waals surface area contributed by atoms with Crippen molar-refractivity contribution in [3.63, 3.8) is 0 Å². The third kappa shape index (κ3) is 1.41. The zero-order chi connectivity index (χ0) is 10.2. The average molecular weight is 208 g/mol. The highest BCUT2D eigenvalue weighted by atomic mass is 32.1. The lowest BCUT2D eigenvalue weighted by Gasteiger charge is -2.18. The Bertz CT molecular complexity index is 450. The van der Waals surface area contributed by atoms with Crippen molar-refractivity contribution in [3.05, 3.63) is 30.0 Å². The zero-order valence-electron chi connectivity index (χ0n) is 7.90. The van der Waals surface area contributed by atoms with Crippen LogP contribution >= 0.6 is 11.5 Å². The highest BCUT2D eigenvalue weighted by Crippen LogP contribution is 2.29. The Labute approximate surface area is 86.3 Å². The van der Waals surface area contributed by atoms with E-state index < -0.39 is 5.60 Å². The van der Waals surface area contributed by atoms with Crippen molar-refractivity contribution in [2.24, 2.45) is 5.73 Å². The van der Waals surface area contributed by atoms with Crippen LogP contribution in [0.15, 0.2) is 24.3 Å². The van der Waals surface area contributed by atoms with E-state index >= 15 is 0 Å². The Morgan fingerprint density at radius 1 is 1.50 bits per heavy atom. The molecule has 0 radical (unpaired) electrons. The van der Waals surface area contributed by atoms with Gasteiger partial charge in [0.2, 0.25) is 0 Å². The number of fused-ring (bicyclic) bond motifs is 1. The smallest absolute Gasteiger partial charge is 0.118 e. The topological polar surface area (TPSA) is 59.1 Å². The van der Waals surface area contributed by atoms with Gasteiger partial charge in [-0.05, 0) is 24.5 Å². The predicted octanol–water partition coefficient (Wildman–Crippen LogP) is 1.46. The van der Waals surface area contributed by atoms with Crippen LogP contribution in [-0.2, 0) is 5.60 Å². The summed E-state index contributed by atoms with van der Waals surface area (Å²) >= 11 is 1.39. The van der Waals surface area contributed by atoms with Crippen molar-refractivity contribution in [2.75, 3.05) is 6.54 Å². The minimum absolute atomic E-state index is 0.181. The normalized spacial score (nSPS) is 15.6. The highest BCUT2D eigenvalue weighted by molar-refractivity contribution is 7.13. The van der Waals surface area contributed by atoms with Gasteiger partial charge < -0.3 is 10.8 Å². The molecule has 0 bridgehead atoms. The second-order valence-corrected chi connectivity index (χ2v) is 4.31. The Balaban J connectivity index is 2.64. The molecule has 0 saturated carbocycles. The average Bonchev–Trinajstić information content (AvgIpc) is 2.61. The molecule has 0 aliphatic carbocycles. The van der Waals surface area contributed by atoms with Crippen molar-refractivity contribution in [1.82, 2.24) is 4.37 Å². The number of hydrogen-bond acceptors (Lipinski definition) is 4. The van der Waals surface area contributed by atoms with Crippen LogP contribution in [0.3, 0.4) is 0 Å². The molecule has 0 aliphatic rings. The van der Waals surface area contributed by atoms with Crippen LogP contribution in [0.2, 0.25) is 0 Å². The molecule has 14 heavy (non-hydrogen) atoms. The van der Waals surface area contributed by atoms with E-state index in [0.29, 0.717) is 5.69 Å². The van der Waals surface area contributed by atoms with Gasteiger partial charge in [-0.25, -0.2) is 0 Å². The summed E-state index contributed by atoms with van der Waals surface area (Å²) in [6, 6.07) is 7.84. The molecule has 0 amide bonds. The third-order valence-corrected chi connectivity index (χ3v) is 3.11. The maximum atomic E-state index is 10.0.